The predicted molar refractivity (Wildman–Crippen MR) is 79.7 cm³/mol. The maximum atomic E-state index is 12.2. The van der Waals surface area contributed by atoms with Gasteiger partial charge in [0.15, 0.2) is 15.1 Å². The van der Waals surface area contributed by atoms with Crippen LogP contribution in [0.1, 0.15) is 19.4 Å². The van der Waals surface area contributed by atoms with E-state index in [-0.39, 0.29) is 15.7 Å². The lowest BCUT2D eigenvalue weighted by Gasteiger charge is -2.17. The molecule has 0 heterocycles. The van der Waals surface area contributed by atoms with Crippen molar-refractivity contribution in [2.45, 2.75) is 24.9 Å². The number of sulfone groups is 1. The highest BCUT2D eigenvalue weighted by atomic mass is 79.9. The fourth-order valence-electron chi connectivity index (χ4n) is 1.93. The molecule has 7 nitrogen and oxygen atoms in total. The van der Waals surface area contributed by atoms with Crippen LogP contribution in [0.4, 0.5) is 5.69 Å². The van der Waals surface area contributed by atoms with Crippen LogP contribution in [0.3, 0.4) is 0 Å². The van der Waals surface area contributed by atoms with Gasteiger partial charge in [0, 0.05) is 16.6 Å². The normalized spacial score (nSPS) is 13.1. The maximum absolute atomic E-state index is 12.2. The molecule has 0 saturated carbocycles. The maximum Gasteiger partial charge on any atom is 0.322 e. The van der Waals surface area contributed by atoms with Gasteiger partial charge in [0.05, 0.1) is 10.7 Å². The van der Waals surface area contributed by atoms with Crippen LogP contribution in [0, 0.1) is 16.0 Å². The second kappa shape index (κ2) is 6.52. The fourth-order valence-corrected chi connectivity index (χ4v) is 4.62. The average molecular weight is 380 g/mol. The number of carboxylic acid groups (broad SMARTS) is 1. The number of hydrogen-bond acceptors (Lipinski definition) is 5. The van der Waals surface area contributed by atoms with Crippen molar-refractivity contribution in [3.05, 3.63) is 38.3 Å². The number of carboxylic acids is 1. The summed E-state index contributed by atoms with van der Waals surface area (Å²) in [5, 5.41) is 18.2. The van der Waals surface area contributed by atoms with Crippen LogP contribution in [0.5, 0.6) is 0 Å². The lowest BCUT2D eigenvalue weighted by atomic mass is 10.1. The van der Waals surface area contributed by atoms with Gasteiger partial charge in [-0.1, -0.05) is 35.8 Å². The SMILES string of the molecule is CC(C)C(C(=O)O)S(=O)(=O)Cc1ccc([N+](=O)[O-])cc1Br. The number of non-ortho nitro benzene ring substituents is 1. The first kappa shape index (κ1) is 17.6. The number of nitrogens with zero attached hydrogens (tertiary/aromatic N) is 1. The number of benzene rings is 1. The van der Waals surface area contributed by atoms with E-state index in [4.69, 9.17) is 5.11 Å². The van der Waals surface area contributed by atoms with Crippen molar-refractivity contribution in [1.82, 2.24) is 0 Å². The molecule has 0 radical (unpaired) electrons. The molecule has 0 spiro atoms. The number of halogens is 1. The molecule has 0 amide bonds. The summed E-state index contributed by atoms with van der Waals surface area (Å²) < 4.78 is 24.7. The molecule has 116 valence electrons. The van der Waals surface area contributed by atoms with E-state index in [2.05, 4.69) is 15.9 Å². The van der Waals surface area contributed by atoms with Crippen LogP contribution in [0.15, 0.2) is 22.7 Å². The highest BCUT2D eigenvalue weighted by Gasteiger charge is 2.35. The summed E-state index contributed by atoms with van der Waals surface area (Å²) in [6.45, 7) is 3.03. The first-order valence-corrected chi connectivity index (χ1v) is 8.44. The van der Waals surface area contributed by atoms with Crippen molar-refractivity contribution in [2.24, 2.45) is 5.92 Å². The van der Waals surface area contributed by atoms with Crippen LogP contribution in [0.2, 0.25) is 0 Å². The topological polar surface area (TPSA) is 115 Å². The fraction of sp³-hybridized carbons (Fsp3) is 0.417. The molecule has 1 rings (SSSR count). The molecule has 21 heavy (non-hydrogen) atoms. The Labute approximate surface area is 130 Å². The number of hydrogen-bond donors (Lipinski definition) is 1. The van der Waals surface area contributed by atoms with E-state index < -0.39 is 37.7 Å². The molecule has 0 bridgehead atoms. The van der Waals surface area contributed by atoms with Crippen molar-refractivity contribution in [3.8, 4) is 0 Å². The van der Waals surface area contributed by atoms with Crippen LogP contribution in [-0.4, -0.2) is 29.7 Å². The Morgan fingerprint density at radius 3 is 2.38 bits per heavy atom. The molecule has 0 saturated heterocycles. The molecule has 9 heteroatoms. The van der Waals surface area contributed by atoms with E-state index in [1.807, 2.05) is 0 Å². The first-order chi connectivity index (χ1) is 9.56. The Kier molecular flexibility index (Phi) is 5.46. The van der Waals surface area contributed by atoms with Gasteiger partial charge in [0.1, 0.15) is 0 Å². The molecule has 0 fully saturated rings. The van der Waals surface area contributed by atoms with Gasteiger partial charge >= 0.3 is 5.97 Å². The Balaban J connectivity index is 3.15. The molecule has 0 aliphatic heterocycles. The van der Waals surface area contributed by atoms with Crippen molar-refractivity contribution in [3.63, 3.8) is 0 Å². The van der Waals surface area contributed by atoms with E-state index in [0.717, 1.165) is 0 Å². The van der Waals surface area contributed by atoms with E-state index in [9.17, 15) is 23.3 Å². The summed E-state index contributed by atoms with van der Waals surface area (Å²) in [4.78, 5) is 21.2. The molecule has 1 unspecified atom stereocenters. The number of aliphatic carboxylic acids is 1. The summed E-state index contributed by atoms with van der Waals surface area (Å²) in [5.41, 5.74) is 0.106. The van der Waals surface area contributed by atoms with Gasteiger partial charge in [-0.3, -0.25) is 14.9 Å². The summed E-state index contributed by atoms with van der Waals surface area (Å²) in [7, 11) is -3.93. The van der Waals surface area contributed by atoms with E-state index in [1.54, 1.807) is 0 Å². The minimum absolute atomic E-state index is 0.179. The molecule has 0 aliphatic rings. The number of carbonyl (C=O) groups is 1. The molecule has 1 N–H and O–H groups in total. The van der Waals surface area contributed by atoms with E-state index in [1.165, 1.54) is 32.0 Å². The minimum Gasteiger partial charge on any atom is -0.480 e. The van der Waals surface area contributed by atoms with Crippen molar-refractivity contribution < 1.29 is 23.2 Å². The van der Waals surface area contributed by atoms with Gasteiger partial charge in [-0.15, -0.1) is 0 Å². The standard InChI is InChI=1S/C12H14BrNO6S/c1-7(2)11(12(15)16)21(19,20)6-8-3-4-9(14(17)18)5-10(8)13/h3-5,7,11H,6H2,1-2H3,(H,15,16). The van der Waals surface area contributed by atoms with Crippen LogP contribution >= 0.6 is 15.9 Å². The molecule has 0 aliphatic carbocycles. The Bertz CT molecular complexity index is 670. The largest absolute Gasteiger partial charge is 0.480 e. The molecule has 1 atom stereocenters. The Morgan fingerprint density at radius 2 is 2.00 bits per heavy atom. The summed E-state index contributed by atoms with van der Waals surface area (Å²) >= 11 is 3.07. The molecule has 1 aromatic carbocycles. The molecule has 1 aromatic rings. The number of rotatable bonds is 6. The van der Waals surface area contributed by atoms with Gasteiger partial charge < -0.3 is 5.11 Å². The third-order valence-corrected chi connectivity index (χ3v) is 5.81. The quantitative estimate of drug-likeness (QED) is 0.599. The highest BCUT2D eigenvalue weighted by Crippen LogP contribution is 2.27. The first-order valence-electron chi connectivity index (χ1n) is 5.93. The van der Waals surface area contributed by atoms with Crippen molar-refractivity contribution >= 4 is 37.4 Å². The third kappa shape index (κ3) is 4.24. The summed E-state index contributed by atoms with van der Waals surface area (Å²) in [5.74, 6) is -2.48. The zero-order chi connectivity index (χ0) is 16.4. The predicted octanol–water partition coefficient (Wildman–Crippen LogP) is 2.38. The lowest BCUT2D eigenvalue weighted by Crippen LogP contribution is -2.35. The van der Waals surface area contributed by atoms with Gasteiger partial charge in [-0.05, 0) is 11.5 Å². The van der Waals surface area contributed by atoms with Crippen molar-refractivity contribution in [2.75, 3.05) is 0 Å². The van der Waals surface area contributed by atoms with Crippen molar-refractivity contribution in [1.29, 1.82) is 0 Å². The Hall–Kier alpha value is -1.48. The second-order valence-corrected chi connectivity index (χ2v) is 7.82. The lowest BCUT2D eigenvalue weighted by molar-refractivity contribution is -0.384. The zero-order valence-corrected chi connectivity index (χ0v) is 13.7. The third-order valence-electron chi connectivity index (χ3n) is 2.84. The second-order valence-electron chi connectivity index (χ2n) is 4.84. The van der Waals surface area contributed by atoms with Gasteiger partial charge in [-0.2, -0.15) is 0 Å². The molecular formula is C12H14BrNO6S. The summed E-state index contributed by atoms with van der Waals surface area (Å²) in [6, 6.07) is 3.68. The monoisotopic (exact) mass is 379 g/mol. The van der Waals surface area contributed by atoms with Crippen LogP contribution < -0.4 is 0 Å². The van der Waals surface area contributed by atoms with Crippen LogP contribution in [-0.2, 0) is 20.4 Å². The smallest absolute Gasteiger partial charge is 0.322 e. The summed E-state index contributed by atoms with van der Waals surface area (Å²) in [6.07, 6.45) is 0. The van der Waals surface area contributed by atoms with Gasteiger partial charge in [0.25, 0.3) is 5.69 Å². The number of nitro groups is 1. The van der Waals surface area contributed by atoms with Crippen LogP contribution in [0.25, 0.3) is 0 Å². The number of nitro benzene ring substituents is 1. The van der Waals surface area contributed by atoms with E-state index >= 15 is 0 Å². The molecular weight excluding hydrogens is 366 g/mol. The average Bonchev–Trinajstić information content (AvgIpc) is 2.29. The zero-order valence-electron chi connectivity index (χ0n) is 11.3. The molecule has 0 aromatic heterocycles. The van der Waals surface area contributed by atoms with Gasteiger partial charge in [-0.25, -0.2) is 8.42 Å². The van der Waals surface area contributed by atoms with Gasteiger partial charge in [0.2, 0.25) is 0 Å². The Morgan fingerprint density at radius 1 is 1.43 bits per heavy atom. The minimum atomic E-state index is -3.93. The van der Waals surface area contributed by atoms with E-state index in [0.29, 0.717) is 0 Å². The highest BCUT2D eigenvalue weighted by molar-refractivity contribution is 9.10.